The lowest BCUT2D eigenvalue weighted by Crippen LogP contribution is -2.39. The summed E-state index contributed by atoms with van der Waals surface area (Å²) in [6.45, 7) is 9.02. The van der Waals surface area contributed by atoms with Gasteiger partial charge in [0.15, 0.2) is 0 Å². The van der Waals surface area contributed by atoms with Crippen molar-refractivity contribution in [3.63, 3.8) is 0 Å². The van der Waals surface area contributed by atoms with Crippen LogP contribution in [0.5, 0.6) is 5.75 Å². The molecule has 1 aromatic rings. The number of para-hydroxylation sites is 1. The molecule has 0 saturated carbocycles. The molecule has 0 bridgehead atoms. The van der Waals surface area contributed by atoms with Crippen LogP contribution in [0.4, 0.5) is 0 Å². The van der Waals surface area contributed by atoms with Gasteiger partial charge in [0, 0.05) is 24.2 Å². The Hall–Kier alpha value is -1.06. The second-order valence-corrected chi connectivity index (χ2v) is 6.61. The van der Waals surface area contributed by atoms with Crippen molar-refractivity contribution >= 4 is 0 Å². The molecule has 116 valence electrons. The number of ether oxygens (including phenoxy) is 1. The van der Waals surface area contributed by atoms with Crippen molar-refractivity contribution in [3.05, 3.63) is 29.3 Å². The Bertz CT molecular complexity index is 468. The van der Waals surface area contributed by atoms with E-state index in [1.165, 1.54) is 50.0 Å². The van der Waals surface area contributed by atoms with E-state index < -0.39 is 0 Å². The van der Waals surface area contributed by atoms with Crippen molar-refractivity contribution in [3.8, 4) is 5.75 Å². The van der Waals surface area contributed by atoms with Crippen LogP contribution in [0, 0.1) is 6.92 Å². The molecule has 3 rings (SSSR count). The average Bonchev–Trinajstić information content (AvgIpc) is 2.87. The van der Waals surface area contributed by atoms with Crippen molar-refractivity contribution in [2.24, 2.45) is 0 Å². The van der Waals surface area contributed by atoms with E-state index >= 15 is 0 Å². The molecule has 3 nitrogen and oxygen atoms in total. The number of rotatable bonds is 4. The molecular weight excluding hydrogens is 260 g/mol. The van der Waals surface area contributed by atoms with E-state index in [-0.39, 0.29) is 0 Å². The van der Waals surface area contributed by atoms with Gasteiger partial charge < -0.3 is 15.0 Å². The van der Waals surface area contributed by atoms with Crippen molar-refractivity contribution in [1.29, 1.82) is 0 Å². The Labute approximate surface area is 128 Å². The quantitative estimate of drug-likeness (QED) is 0.920. The molecule has 1 N–H and O–H groups in total. The normalized spacial score (nSPS) is 24.2. The minimum absolute atomic E-state index is 0.431. The maximum absolute atomic E-state index is 5.97. The maximum Gasteiger partial charge on any atom is 0.126 e. The second kappa shape index (κ2) is 6.80. The van der Waals surface area contributed by atoms with Crippen molar-refractivity contribution < 1.29 is 4.74 Å². The fourth-order valence-corrected chi connectivity index (χ4v) is 3.69. The van der Waals surface area contributed by atoms with E-state index in [1.807, 2.05) is 0 Å². The fraction of sp³-hybridized carbons (Fsp3) is 0.667. The first-order chi connectivity index (χ1) is 10.2. The highest BCUT2D eigenvalue weighted by Gasteiger charge is 2.23. The van der Waals surface area contributed by atoms with Crippen LogP contribution < -0.4 is 10.1 Å². The van der Waals surface area contributed by atoms with Gasteiger partial charge in [-0.25, -0.2) is 0 Å². The molecule has 0 spiro atoms. The number of nitrogens with zero attached hydrogens (tertiary/aromatic N) is 1. The predicted octanol–water partition coefficient (Wildman–Crippen LogP) is 3.28. The summed E-state index contributed by atoms with van der Waals surface area (Å²) in [6.07, 6.45) is 5.03. The molecule has 2 aliphatic rings. The second-order valence-electron chi connectivity index (χ2n) is 6.61. The predicted molar refractivity (Wildman–Crippen MR) is 86.9 cm³/mol. The lowest BCUT2D eigenvalue weighted by molar-refractivity contribution is 0.281. The zero-order valence-corrected chi connectivity index (χ0v) is 13.4. The minimum Gasteiger partial charge on any atom is -0.493 e. The number of fused-ring (bicyclic) bond motifs is 1. The van der Waals surface area contributed by atoms with Crippen LogP contribution >= 0.6 is 0 Å². The van der Waals surface area contributed by atoms with Gasteiger partial charge in [0.2, 0.25) is 0 Å². The molecule has 0 radical (unpaired) electrons. The molecule has 0 amide bonds. The van der Waals surface area contributed by atoms with Gasteiger partial charge in [0.1, 0.15) is 5.75 Å². The molecule has 1 saturated heterocycles. The summed E-state index contributed by atoms with van der Waals surface area (Å²) in [5, 5.41) is 3.85. The van der Waals surface area contributed by atoms with Crippen LogP contribution in [-0.4, -0.2) is 37.2 Å². The summed E-state index contributed by atoms with van der Waals surface area (Å²) in [5.74, 6) is 1.11. The van der Waals surface area contributed by atoms with E-state index in [4.69, 9.17) is 4.74 Å². The van der Waals surface area contributed by atoms with Crippen molar-refractivity contribution in [2.75, 3.05) is 26.2 Å². The number of likely N-dealkylation sites (tertiary alicyclic amines) is 1. The molecule has 2 unspecified atom stereocenters. The number of hydrogen-bond donors (Lipinski definition) is 1. The Morgan fingerprint density at radius 1 is 1.29 bits per heavy atom. The third-order valence-electron chi connectivity index (χ3n) is 4.72. The summed E-state index contributed by atoms with van der Waals surface area (Å²) in [4.78, 5) is 2.59. The first-order valence-corrected chi connectivity index (χ1v) is 8.45. The molecular formula is C18H28N2O. The smallest absolute Gasteiger partial charge is 0.126 e. The van der Waals surface area contributed by atoms with E-state index in [2.05, 4.69) is 42.3 Å². The largest absolute Gasteiger partial charge is 0.493 e. The zero-order valence-electron chi connectivity index (χ0n) is 13.4. The van der Waals surface area contributed by atoms with Crippen molar-refractivity contribution in [1.82, 2.24) is 10.2 Å². The van der Waals surface area contributed by atoms with Gasteiger partial charge in [0.25, 0.3) is 0 Å². The Balaban J connectivity index is 1.68. The van der Waals surface area contributed by atoms with E-state index in [9.17, 15) is 0 Å². The number of benzene rings is 1. The topological polar surface area (TPSA) is 24.5 Å². The lowest BCUT2D eigenvalue weighted by Gasteiger charge is -2.27. The van der Waals surface area contributed by atoms with Gasteiger partial charge >= 0.3 is 0 Å². The minimum atomic E-state index is 0.431. The van der Waals surface area contributed by atoms with Crippen LogP contribution in [0.2, 0.25) is 0 Å². The van der Waals surface area contributed by atoms with Gasteiger partial charge in [-0.05, 0) is 58.2 Å². The fourth-order valence-electron chi connectivity index (χ4n) is 3.69. The maximum atomic E-state index is 5.97. The summed E-state index contributed by atoms with van der Waals surface area (Å²) >= 11 is 0. The highest BCUT2D eigenvalue weighted by Crippen LogP contribution is 2.34. The van der Waals surface area contributed by atoms with Crippen LogP contribution in [0.15, 0.2) is 18.2 Å². The summed E-state index contributed by atoms with van der Waals surface area (Å²) in [6, 6.07) is 7.49. The van der Waals surface area contributed by atoms with Gasteiger partial charge in [-0.15, -0.1) is 0 Å². The van der Waals surface area contributed by atoms with Gasteiger partial charge in [-0.3, -0.25) is 0 Å². The average molecular weight is 288 g/mol. The molecule has 2 aliphatic heterocycles. The SMILES string of the molecule is Cc1cccc2c1OCCCC2NC(C)CN1CCCC1. The van der Waals surface area contributed by atoms with E-state index in [0.29, 0.717) is 12.1 Å². The third-order valence-corrected chi connectivity index (χ3v) is 4.72. The molecule has 0 aliphatic carbocycles. The molecule has 21 heavy (non-hydrogen) atoms. The molecule has 1 aromatic carbocycles. The summed E-state index contributed by atoms with van der Waals surface area (Å²) in [5.41, 5.74) is 2.61. The molecule has 1 fully saturated rings. The van der Waals surface area contributed by atoms with Crippen LogP contribution in [0.1, 0.15) is 49.8 Å². The van der Waals surface area contributed by atoms with Crippen LogP contribution in [0.25, 0.3) is 0 Å². The monoisotopic (exact) mass is 288 g/mol. The van der Waals surface area contributed by atoms with E-state index in [1.54, 1.807) is 0 Å². The van der Waals surface area contributed by atoms with Crippen molar-refractivity contribution in [2.45, 2.75) is 51.6 Å². The summed E-state index contributed by atoms with van der Waals surface area (Å²) < 4.78 is 5.97. The highest BCUT2D eigenvalue weighted by molar-refractivity contribution is 5.43. The number of aryl methyl sites for hydroxylation is 1. The lowest BCUT2D eigenvalue weighted by atomic mass is 9.99. The Kier molecular flexibility index (Phi) is 4.81. The van der Waals surface area contributed by atoms with Gasteiger partial charge in [0.05, 0.1) is 6.61 Å². The summed E-state index contributed by atoms with van der Waals surface area (Å²) in [7, 11) is 0. The molecule has 3 heteroatoms. The van der Waals surface area contributed by atoms with Gasteiger partial charge in [-0.2, -0.15) is 0 Å². The standard InChI is InChI=1S/C18H28N2O/c1-14-7-5-8-16-17(9-6-12-21-18(14)16)19-15(2)13-20-10-3-4-11-20/h5,7-8,15,17,19H,3-4,6,9-13H2,1-2H3. The Morgan fingerprint density at radius 3 is 2.90 bits per heavy atom. The van der Waals surface area contributed by atoms with E-state index in [0.717, 1.165) is 18.8 Å². The van der Waals surface area contributed by atoms with Crippen LogP contribution in [0.3, 0.4) is 0 Å². The van der Waals surface area contributed by atoms with Gasteiger partial charge in [-0.1, -0.05) is 18.2 Å². The molecule has 2 heterocycles. The number of hydrogen-bond acceptors (Lipinski definition) is 3. The highest BCUT2D eigenvalue weighted by atomic mass is 16.5. The zero-order chi connectivity index (χ0) is 14.7. The molecule has 2 atom stereocenters. The Morgan fingerprint density at radius 2 is 2.10 bits per heavy atom. The van der Waals surface area contributed by atoms with Crippen LogP contribution in [-0.2, 0) is 0 Å². The first kappa shape index (κ1) is 14.9. The number of nitrogens with one attached hydrogen (secondary N) is 1. The third kappa shape index (κ3) is 3.58. The molecule has 0 aromatic heterocycles. The first-order valence-electron chi connectivity index (χ1n) is 8.45.